The van der Waals surface area contributed by atoms with E-state index in [-0.39, 0.29) is 17.8 Å². The topological polar surface area (TPSA) is 52.1 Å². The van der Waals surface area contributed by atoms with Crippen LogP contribution in [-0.2, 0) is 9.53 Å². The van der Waals surface area contributed by atoms with Gasteiger partial charge < -0.3 is 4.74 Å². The van der Waals surface area contributed by atoms with E-state index in [1.54, 1.807) is 17.5 Å². The smallest absolute Gasteiger partial charge is 0.309 e. The molecule has 1 aliphatic rings. The highest BCUT2D eigenvalue weighted by Gasteiger charge is 2.47. The van der Waals surface area contributed by atoms with Crippen LogP contribution in [0.1, 0.15) is 24.3 Å². The Bertz CT molecular complexity index is 533. The fraction of sp³-hybridized carbons (Fsp3) is 0.417. The molecule has 0 spiro atoms. The second-order valence-corrected chi connectivity index (χ2v) is 5.16. The number of thiazole rings is 1. The van der Waals surface area contributed by atoms with Gasteiger partial charge in [0, 0.05) is 18.3 Å². The normalized spacial score (nSPS) is 22.6. The van der Waals surface area contributed by atoms with Gasteiger partial charge in [0.05, 0.1) is 27.7 Å². The van der Waals surface area contributed by atoms with Crippen molar-refractivity contribution in [3.05, 3.63) is 23.5 Å². The second kappa shape index (κ2) is 4.07. The Labute approximate surface area is 103 Å². The quantitative estimate of drug-likeness (QED) is 0.782. The molecule has 17 heavy (non-hydrogen) atoms. The van der Waals surface area contributed by atoms with Crippen molar-refractivity contribution in [3.8, 4) is 0 Å². The predicted molar refractivity (Wildman–Crippen MR) is 64.9 cm³/mol. The van der Waals surface area contributed by atoms with Gasteiger partial charge >= 0.3 is 5.97 Å². The van der Waals surface area contributed by atoms with Gasteiger partial charge in [0.25, 0.3) is 0 Å². The van der Waals surface area contributed by atoms with Crippen molar-refractivity contribution in [1.29, 1.82) is 0 Å². The predicted octanol–water partition coefficient (Wildman–Crippen LogP) is 2.36. The van der Waals surface area contributed by atoms with E-state index in [9.17, 15) is 4.79 Å². The first-order chi connectivity index (χ1) is 8.29. The molecule has 88 valence electrons. The lowest BCUT2D eigenvalue weighted by Gasteiger charge is -1.98. The number of hydrogen-bond donors (Lipinski definition) is 0. The van der Waals surface area contributed by atoms with Gasteiger partial charge in [-0.25, -0.2) is 4.98 Å². The fourth-order valence-corrected chi connectivity index (χ4v) is 3.05. The zero-order chi connectivity index (χ0) is 11.8. The summed E-state index contributed by atoms with van der Waals surface area (Å²) in [5.41, 5.74) is 0.967. The van der Waals surface area contributed by atoms with Crippen LogP contribution in [0.3, 0.4) is 0 Å². The molecule has 2 aromatic rings. The highest BCUT2D eigenvalue weighted by Crippen LogP contribution is 2.49. The molecule has 0 saturated heterocycles. The standard InChI is InChI=1S/C12H12N2O2S/c1-2-16-12(15)8-5-7(8)11-14-9-3-4-13-6-10(9)17-11/h3-4,6-8H,2,5H2,1H3/t7-,8-/m0/s1. The molecule has 5 heteroatoms. The number of carbonyl (C=O) groups is 1. The lowest BCUT2D eigenvalue weighted by molar-refractivity contribution is -0.144. The summed E-state index contributed by atoms with van der Waals surface area (Å²) in [6, 6.07) is 1.90. The molecule has 0 aliphatic heterocycles. The van der Waals surface area contributed by atoms with Crippen molar-refractivity contribution in [1.82, 2.24) is 9.97 Å². The van der Waals surface area contributed by atoms with E-state index in [1.807, 2.05) is 19.2 Å². The van der Waals surface area contributed by atoms with Crippen LogP contribution in [0.2, 0.25) is 0 Å². The Kier molecular flexibility index (Phi) is 2.55. The van der Waals surface area contributed by atoms with Gasteiger partial charge in [-0.1, -0.05) is 0 Å². The van der Waals surface area contributed by atoms with Gasteiger partial charge in [0.2, 0.25) is 0 Å². The molecule has 1 fully saturated rings. The monoisotopic (exact) mass is 248 g/mol. The second-order valence-electron chi connectivity index (χ2n) is 4.10. The van der Waals surface area contributed by atoms with Gasteiger partial charge in [-0.2, -0.15) is 0 Å². The number of fused-ring (bicyclic) bond motifs is 1. The lowest BCUT2D eigenvalue weighted by Crippen LogP contribution is -2.07. The maximum Gasteiger partial charge on any atom is 0.309 e. The van der Waals surface area contributed by atoms with Crippen LogP contribution in [0.4, 0.5) is 0 Å². The Balaban J connectivity index is 1.80. The Hall–Kier alpha value is -1.49. The van der Waals surface area contributed by atoms with Crippen LogP contribution >= 0.6 is 11.3 Å². The van der Waals surface area contributed by atoms with E-state index in [2.05, 4.69) is 9.97 Å². The van der Waals surface area contributed by atoms with Crippen LogP contribution in [0.5, 0.6) is 0 Å². The zero-order valence-electron chi connectivity index (χ0n) is 9.42. The molecule has 3 rings (SSSR count). The first-order valence-electron chi connectivity index (χ1n) is 5.66. The number of rotatable bonds is 3. The average Bonchev–Trinajstić information content (AvgIpc) is 3.02. The summed E-state index contributed by atoms with van der Waals surface area (Å²) in [6.45, 7) is 2.28. The molecule has 0 unspecified atom stereocenters. The summed E-state index contributed by atoms with van der Waals surface area (Å²) < 4.78 is 6.10. The SMILES string of the molecule is CCOC(=O)[C@H]1C[C@@H]1c1nc2ccncc2s1. The van der Waals surface area contributed by atoms with Crippen LogP contribution in [0, 0.1) is 5.92 Å². The molecule has 4 nitrogen and oxygen atoms in total. The summed E-state index contributed by atoms with van der Waals surface area (Å²) in [5, 5.41) is 1.03. The van der Waals surface area contributed by atoms with Crippen LogP contribution in [-0.4, -0.2) is 22.5 Å². The number of carbonyl (C=O) groups excluding carboxylic acids is 1. The van der Waals surface area contributed by atoms with Crippen molar-refractivity contribution in [2.45, 2.75) is 19.3 Å². The highest BCUT2D eigenvalue weighted by atomic mass is 32.1. The van der Waals surface area contributed by atoms with E-state index in [0.717, 1.165) is 21.6 Å². The molecule has 0 bridgehead atoms. The number of pyridine rings is 1. The maximum atomic E-state index is 11.5. The molecule has 0 N–H and O–H groups in total. The van der Waals surface area contributed by atoms with Crippen molar-refractivity contribution in [2.24, 2.45) is 5.92 Å². The molecule has 0 radical (unpaired) electrons. The lowest BCUT2D eigenvalue weighted by atomic mass is 10.3. The maximum absolute atomic E-state index is 11.5. The Morgan fingerprint density at radius 3 is 3.29 bits per heavy atom. The minimum Gasteiger partial charge on any atom is -0.466 e. The molecular formula is C12H12N2O2S. The number of nitrogens with zero attached hydrogens (tertiary/aromatic N) is 2. The van der Waals surface area contributed by atoms with Crippen LogP contribution < -0.4 is 0 Å². The molecule has 2 heterocycles. The van der Waals surface area contributed by atoms with Crippen molar-refractivity contribution < 1.29 is 9.53 Å². The van der Waals surface area contributed by atoms with Gasteiger partial charge in [0.15, 0.2) is 0 Å². The van der Waals surface area contributed by atoms with Gasteiger partial charge in [0.1, 0.15) is 0 Å². The number of hydrogen-bond acceptors (Lipinski definition) is 5. The first kappa shape index (κ1) is 10.7. The van der Waals surface area contributed by atoms with E-state index in [1.165, 1.54) is 0 Å². The third-order valence-electron chi connectivity index (χ3n) is 2.90. The van der Waals surface area contributed by atoms with Gasteiger partial charge in [-0.3, -0.25) is 9.78 Å². The highest BCUT2D eigenvalue weighted by molar-refractivity contribution is 7.18. The largest absolute Gasteiger partial charge is 0.466 e. The molecule has 2 aromatic heterocycles. The van der Waals surface area contributed by atoms with Gasteiger partial charge in [-0.15, -0.1) is 11.3 Å². The van der Waals surface area contributed by atoms with Crippen LogP contribution in [0.25, 0.3) is 10.2 Å². The zero-order valence-corrected chi connectivity index (χ0v) is 10.2. The third-order valence-corrected chi connectivity index (χ3v) is 4.04. The Morgan fingerprint density at radius 2 is 2.53 bits per heavy atom. The molecule has 0 amide bonds. The van der Waals surface area contributed by atoms with Crippen LogP contribution in [0.15, 0.2) is 18.5 Å². The molecule has 1 aliphatic carbocycles. The molecule has 2 atom stereocenters. The first-order valence-corrected chi connectivity index (χ1v) is 6.48. The summed E-state index contributed by atoms with van der Waals surface area (Å²) in [5.74, 6) is 0.185. The van der Waals surface area contributed by atoms with E-state index in [4.69, 9.17) is 4.74 Å². The summed E-state index contributed by atoms with van der Waals surface area (Å²) in [4.78, 5) is 20.2. The van der Waals surface area contributed by atoms with E-state index < -0.39 is 0 Å². The van der Waals surface area contributed by atoms with E-state index >= 15 is 0 Å². The fourth-order valence-electron chi connectivity index (χ4n) is 1.93. The number of ether oxygens (including phenoxy) is 1. The number of aromatic nitrogens is 2. The van der Waals surface area contributed by atoms with Crippen molar-refractivity contribution in [3.63, 3.8) is 0 Å². The average molecular weight is 248 g/mol. The summed E-state index contributed by atoms with van der Waals surface area (Å²) in [6.07, 6.45) is 4.42. The molecular weight excluding hydrogens is 236 g/mol. The summed E-state index contributed by atoms with van der Waals surface area (Å²) >= 11 is 1.63. The van der Waals surface area contributed by atoms with Crippen molar-refractivity contribution >= 4 is 27.5 Å². The van der Waals surface area contributed by atoms with Crippen molar-refractivity contribution in [2.75, 3.05) is 6.61 Å². The van der Waals surface area contributed by atoms with Gasteiger partial charge in [-0.05, 0) is 19.4 Å². The molecule has 0 aromatic carbocycles. The minimum atomic E-state index is -0.0881. The summed E-state index contributed by atoms with van der Waals surface area (Å²) in [7, 11) is 0. The Morgan fingerprint density at radius 1 is 1.65 bits per heavy atom. The third kappa shape index (κ3) is 1.91. The number of esters is 1. The minimum absolute atomic E-state index is 0.0171. The van der Waals surface area contributed by atoms with E-state index in [0.29, 0.717) is 6.61 Å². The molecule has 1 saturated carbocycles.